The van der Waals surface area contributed by atoms with Crippen molar-refractivity contribution < 1.29 is 24.4 Å². The van der Waals surface area contributed by atoms with E-state index in [0.29, 0.717) is 6.42 Å². The van der Waals surface area contributed by atoms with Crippen LogP contribution in [0.4, 0.5) is 0 Å². The van der Waals surface area contributed by atoms with E-state index in [-0.39, 0.29) is 12.3 Å². The molecular weight excluding hydrogens is 359 g/mol. The van der Waals surface area contributed by atoms with Crippen molar-refractivity contribution in [3.8, 4) is 11.5 Å². The zero-order chi connectivity index (χ0) is 17.8. The van der Waals surface area contributed by atoms with Crippen LogP contribution in [0.1, 0.15) is 16.9 Å². The van der Waals surface area contributed by atoms with E-state index in [1.165, 1.54) is 0 Å². The molecule has 2 N–H and O–H groups in total. The van der Waals surface area contributed by atoms with Crippen molar-refractivity contribution in [2.75, 3.05) is 13.7 Å². The highest BCUT2D eigenvalue weighted by atomic mass is 32.1. The number of ether oxygens (including phenoxy) is 3. The SMILES string of the molecule is COc1ccc(Cc2sccc2O[C@H]2C[C@@H](O)[C@H](P)[C@@H](CO)O2)cc1. The van der Waals surface area contributed by atoms with Crippen LogP contribution in [0.2, 0.25) is 0 Å². The summed E-state index contributed by atoms with van der Waals surface area (Å²) in [5, 5.41) is 21.5. The number of benzene rings is 1. The van der Waals surface area contributed by atoms with Crippen molar-refractivity contribution >= 4 is 20.6 Å². The van der Waals surface area contributed by atoms with E-state index in [0.717, 1.165) is 28.4 Å². The van der Waals surface area contributed by atoms with E-state index in [9.17, 15) is 10.2 Å². The molecule has 1 unspecified atom stereocenters. The molecule has 0 saturated carbocycles. The highest BCUT2D eigenvalue weighted by Crippen LogP contribution is 2.32. The van der Waals surface area contributed by atoms with E-state index in [2.05, 4.69) is 9.24 Å². The molecule has 136 valence electrons. The van der Waals surface area contributed by atoms with Gasteiger partial charge in [0.25, 0.3) is 0 Å². The number of aliphatic hydroxyl groups excluding tert-OH is 2. The monoisotopic (exact) mass is 382 g/mol. The number of thiophene rings is 1. The van der Waals surface area contributed by atoms with Gasteiger partial charge >= 0.3 is 0 Å². The number of hydrogen-bond donors (Lipinski definition) is 2. The van der Waals surface area contributed by atoms with Gasteiger partial charge < -0.3 is 24.4 Å². The third-order valence-electron chi connectivity index (χ3n) is 4.30. The van der Waals surface area contributed by atoms with Crippen LogP contribution in [0, 0.1) is 0 Å². The molecule has 3 rings (SSSR count). The molecule has 2 heterocycles. The second-order valence-electron chi connectivity index (χ2n) is 6.02. The minimum Gasteiger partial charge on any atom is -0.497 e. The quantitative estimate of drug-likeness (QED) is 0.751. The molecule has 0 amide bonds. The van der Waals surface area contributed by atoms with Gasteiger partial charge in [0.05, 0.1) is 30.8 Å². The molecule has 25 heavy (non-hydrogen) atoms. The molecular formula is C18H23O5PS. The summed E-state index contributed by atoms with van der Waals surface area (Å²) in [6.45, 7) is -0.145. The summed E-state index contributed by atoms with van der Waals surface area (Å²) in [4.78, 5) is 1.09. The smallest absolute Gasteiger partial charge is 0.202 e. The maximum atomic E-state index is 10.1. The third kappa shape index (κ3) is 4.52. The molecule has 0 bridgehead atoms. The summed E-state index contributed by atoms with van der Waals surface area (Å²) in [7, 11) is 4.19. The lowest BCUT2D eigenvalue weighted by Crippen LogP contribution is -2.48. The van der Waals surface area contributed by atoms with E-state index in [4.69, 9.17) is 14.2 Å². The van der Waals surface area contributed by atoms with Crippen LogP contribution in [0.15, 0.2) is 35.7 Å². The fourth-order valence-electron chi connectivity index (χ4n) is 2.82. The largest absolute Gasteiger partial charge is 0.497 e. The Morgan fingerprint density at radius 2 is 2.04 bits per heavy atom. The average Bonchev–Trinajstić information content (AvgIpc) is 3.05. The highest BCUT2D eigenvalue weighted by Gasteiger charge is 2.36. The second kappa shape index (κ2) is 8.47. The van der Waals surface area contributed by atoms with Crippen LogP contribution < -0.4 is 9.47 Å². The molecule has 1 aromatic heterocycles. The lowest BCUT2D eigenvalue weighted by Gasteiger charge is -2.37. The fourth-order valence-corrected chi connectivity index (χ4v) is 4.02. The Balaban J connectivity index is 1.67. The molecule has 7 heteroatoms. The van der Waals surface area contributed by atoms with Crippen molar-refractivity contribution in [1.82, 2.24) is 0 Å². The summed E-state index contributed by atoms with van der Waals surface area (Å²) in [6.07, 6.45) is -0.454. The van der Waals surface area contributed by atoms with Crippen molar-refractivity contribution in [3.63, 3.8) is 0 Å². The van der Waals surface area contributed by atoms with Crippen molar-refractivity contribution in [2.24, 2.45) is 0 Å². The molecule has 0 radical (unpaired) electrons. The van der Waals surface area contributed by atoms with Crippen LogP contribution in [0.3, 0.4) is 0 Å². The fraction of sp³-hybridized carbons (Fsp3) is 0.444. The first-order valence-electron chi connectivity index (χ1n) is 8.16. The molecule has 1 aromatic carbocycles. The van der Waals surface area contributed by atoms with E-state index < -0.39 is 18.5 Å². The Bertz CT molecular complexity index is 674. The number of hydrogen-bond acceptors (Lipinski definition) is 6. The minimum absolute atomic E-state index is 0.145. The molecule has 1 aliphatic rings. The van der Waals surface area contributed by atoms with E-state index in [1.807, 2.05) is 35.7 Å². The first kappa shape index (κ1) is 18.6. The van der Waals surface area contributed by atoms with E-state index >= 15 is 0 Å². The summed E-state index contributed by atoms with van der Waals surface area (Å²) < 4.78 is 16.9. The Morgan fingerprint density at radius 1 is 1.28 bits per heavy atom. The van der Waals surface area contributed by atoms with Gasteiger partial charge in [-0.15, -0.1) is 20.6 Å². The zero-order valence-corrected chi connectivity index (χ0v) is 16.0. The Morgan fingerprint density at radius 3 is 2.72 bits per heavy atom. The normalized spacial score (nSPS) is 26.4. The Labute approximate surface area is 153 Å². The van der Waals surface area contributed by atoms with Crippen molar-refractivity contribution in [1.29, 1.82) is 0 Å². The highest BCUT2D eigenvalue weighted by molar-refractivity contribution is 7.17. The van der Waals surface area contributed by atoms with Crippen LogP contribution in [0.25, 0.3) is 0 Å². The van der Waals surface area contributed by atoms with Crippen LogP contribution in [0.5, 0.6) is 11.5 Å². The van der Waals surface area contributed by atoms with Gasteiger partial charge in [-0.3, -0.25) is 0 Å². The predicted octanol–water partition coefficient (Wildman–Crippen LogP) is 2.44. The minimum atomic E-state index is -0.579. The number of rotatable bonds is 6. The van der Waals surface area contributed by atoms with E-state index in [1.54, 1.807) is 18.4 Å². The van der Waals surface area contributed by atoms with Crippen molar-refractivity contribution in [3.05, 3.63) is 46.2 Å². The summed E-state index contributed by atoms with van der Waals surface area (Å²) in [6, 6.07) is 9.86. The van der Waals surface area contributed by atoms with Crippen molar-refractivity contribution in [2.45, 2.75) is 37.0 Å². The van der Waals surface area contributed by atoms with Gasteiger partial charge in [0.1, 0.15) is 11.5 Å². The molecule has 1 aliphatic heterocycles. The molecule has 2 aromatic rings. The Hall–Kier alpha value is -1.17. The van der Waals surface area contributed by atoms with Gasteiger partial charge in [-0.2, -0.15) is 0 Å². The maximum Gasteiger partial charge on any atom is 0.202 e. The summed E-state index contributed by atoms with van der Waals surface area (Å²) >= 11 is 1.62. The Kier molecular flexibility index (Phi) is 6.31. The van der Waals surface area contributed by atoms with Crippen LogP contribution >= 0.6 is 20.6 Å². The summed E-state index contributed by atoms with van der Waals surface area (Å²) in [5.41, 5.74) is 0.974. The van der Waals surface area contributed by atoms with Gasteiger partial charge in [0, 0.05) is 18.5 Å². The molecule has 0 aliphatic carbocycles. The molecule has 5 atom stereocenters. The number of aliphatic hydroxyl groups is 2. The summed E-state index contributed by atoms with van der Waals surface area (Å²) in [5.74, 6) is 1.59. The first-order chi connectivity index (χ1) is 12.1. The van der Waals surface area contributed by atoms with Crippen LogP contribution in [-0.2, 0) is 11.2 Å². The third-order valence-corrected chi connectivity index (χ3v) is 6.08. The average molecular weight is 382 g/mol. The molecule has 1 saturated heterocycles. The van der Waals surface area contributed by atoms with Gasteiger partial charge in [-0.25, -0.2) is 0 Å². The van der Waals surface area contributed by atoms with Gasteiger partial charge in [0.2, 0.25) is 6.29 Å². The molecule has 5 nitrogen and oxygen atoms in total. The van der Waals surface area contributed by atoms with Crippen LogP contribution in [-0.4, -0.2) is 48.1 Å². The lowest BCUT2D eigenvalue weighted by atomic mass is 10.0. The number of methoxy groups -OCH3 is 1. The van der Waals surface area contributed by atoms with Gasteiger partial charge in [0.15, 0.2) is 0 Å². The predicted molar refractivity (Wildman–Crippen MR) is 101 cm³/mol. The molecule has 0 spiro atoms. The van der Waals surface area contributed by atoms with Gasteiger partial charge in [-0.05, 0) is 29.1 Å². The molecule has 1 fully saturated rings. The van der Waals surface area contributed by atoms with Gasteiger partial charge in [-0.1, -0.05) is 12.1 Å². The maximum absolute atomic E-state index is 10.1. The second-order valence-corrected chi connectivity index (χ2v) is 7.79. The standard InChI is InChI=1S/C18H23O5PS/c1-21-12-4-2-11(3-5-12)8-16-14(6-7-25-16)22-17-9-13(20)18(24)15(10-19)23-17/h2-7,13,15,17-20H,8-10,24H2,1H3/t13-,15-,17-,18+/m1/s1. The lowest BCUT2D eigenvalue weighted by molar-refractivity contribution is -0.181. The first-order valence-corrected chi connectivity index (χ1v) is 9.71. The topological polar surface area (TPSA) is 68.2 Å². The zero-order valence-electron chi connectivity index (χ0n) is 14.0.